The van der Waals surface area contributed by atoms with Gasteiger partial charge < -0.3 is 15.8 Å². The zero-order valence-corrected chi connectivity index (χ0v) is 10.6. The van der Waals surface area contributed by atoms with E-state index in [0.717, 1.165) is 11.4 Å². The van der Waals surface area contributed by atoms with Crippen molar-refractivity contribution in [3.63, 3.8) is 0 Å². The van der Waals surface area contributed by atoms with Crippen LogP contribution in [0.2, 0.25) is 0 Å². The van der Waals surface area contributed by atoms with Gasteiger partial charge in [0.15, 0.2) is 0 Å². The third-order valence-corrected chi connectivity index (χ3v) is 2.22. The van der Waals surface area contributed by atoms with Gasteiger partial charge in [-0.2, -0.15) is 0 Å². The topological polar surface area (TPSA) is 47.3 Å². The molecule has 1 rings (SSSR count). The van der Waals surface area contributed by atoms with Crippen molar-refractivity contribution < 1.29 is 4.74 Å². The predicted molar refractivity (Wildman–Crippen MR) is 69.0 cm³/mol. The van der Waals surface area contributed by atoms with Crippen LogP contribution >= 0.6 is 0 Å². The molecule has 0 atom stereocenters. The molecule has 0 aliphatic carbocycles. The largest absolute Gasteiger partial charge is 0.491 e. The Morgan fingerprint density at radius 3 is 2.25 bits per heavy atom. The summed E-state index contributed by atoms with van der Waals surface area (Å²) in [5.74, 6) is 0.895. The first-order valence-electron chi connectivity index (χ1n) is 5.68. The van der Waals surface area contributed by atoms with Crippen molar-refractivity contribution in [1.82, 2.24) is 0 Å². The van der Waals surface area contributed by atoms with Crippen LogP contribution in [0.25, 0.3) is 0 Å². The van der Waals surface area contributed by atoms with Gasteiger partial charge in [-0.3, -0.25) is 0 Å². The Labute approximate surface area is 98.0 Å². The van der Waals surface area contributed by atoms with Crippen molar-refractivity contribution >= 4 is 5.69 Å². The van der Waals surface area contributed by atoms with E-state index in [-0.39, 0.29) is 11.6 Å². The van der Waals surface area contributed by atoms with Crippen LogP contribution in [0.15, 0.2) is 24.3 Å². The van der Waals surface area contributed by atoms with Crippen LogP contribution in [-0.4, -0.2) is 18.2 Å². The van der Waals surface area contributed by atoms with Crippen LogP contribution in [0.4, 0.5) is 5.69 Å². The van der Waals surface area contributed by atoms with Crippen molar-refractivity contribution in [3.05, 3.63) is 24.3 Å². The summed E-state index contributed by atoms with van der Waals surface area (Å²) in [5, 5.41) is 3.37. The van der Waals surface area contributed by atoms with E-state index in [4.69, 9.17) is 10.5 Å². The summed E-state index contributed by atoms with van der Waals surface area (Å²) in [6.07, 6.45) is 0.208. The van der Waals surface area contributed by atoms with E-state index in [0.29, 0.717) is 6.54 Å². The molecule has 0 aromatic heterocycles. The third-order valence-electron chi connectivity index (χ3n) is 2.22. The minimum atomic E-state index is -0.0829. The van der Waals surface area contributed by atoms with Crippen LogP contribution < -0.4 is 15.8 Å². The molecule has 90 valence electrons. The van der Waals surface area contributed by atoms with Crippen LogP contribution in [0.5, 0.6) is 5.75 Å². The molecule has 0 saturated carbocycles. The Hall–Kier alpha value is -1.22. The Balaban J connectivity index is 2.64. The van der Waals surface area contributed by atoms with E-state index in [1.807, 2.05) is 38.1 Å². The second kappa shape index (κ2) is 5.21. The number of nitrogens with one attached hydrogen (secondary N) is 1. The first kappa shape index (κ1) is 12.8. The van der Waals surface area contributed by atoms with Crippen molar-refractivity contribution in [3.8, 4) is 5.75 Å². The molecule has 0 fully saturated rings. The number of benzene rings is 1. The summed E-state index contributed by atoms with van der Waals surface area (Å²) in [6, 6.07) is 7.95. The third kappa shape index (κ3) is 4.11. The predicted octanol–water partition coefficient (Wildman–Crippen LogP) is 2.62. The van der Waals surface area contributed by atoms with Gasteiger partial charge in [0.1, 0.15) is 5.75 Å². The SMILES string of the molecule is CC(C)Oc1ccc(NC(C)(C)CN)cc1. The lowest BCUT2D eigenvalue weighted by atomic mass is 10.1. The Bertz CT molecular complexity index is 317. The highest BCUT2D eigenvalue weighted by Crippen LogP contribution is 2.19. The molecule has 0 spiro atoms. The number of anilines is 1. The van der Waals surface area contributed by atoms with Gasteiger partial charge in [-0.05, 0) is 52.0 Å². The molecule has 3 heteroatoms. The summed E-state index contributed by atoms with van der Waals surface area (Å²) in [6.45, 7) is 8.78. The molecular formula is C13H22N2O. The molecule has 0 amide bonds. The van der Waals surface area contributed by atoms with Gasteiger partial charge in [-0.25, -0.2) is 0 Å². The molecule has 1 aromatic carbocycles. The van der Waals surface area contributed by atoms with Gasteiger partial charge in [0.25, 0.3) is 0 Å². The van der Waals surface area contributed by atoms with Crippen molar-refractivity contribution in [1.29, 1.82) is 0 Å². The van der Waals surface area contributed by atoms with E-state index in [1.165, 1.54) is 0 Å². The first-order chi connectivity index (χ1) is 7.43. The fourth-order valence-electron chi connectivity index (χ4n) is 1.33. The van der Waals surface area contributed by atoms with Crippen LogP contribution in [-0.2, 0) is 0 Å². The quantitative estimate of drug-likeness (QED) is 0.805. The number of rotatable bonds is 5. The lowest BCUT2D eigenvalue weighted by Gasteiger charge is -2.25. The standard InChI is InChI=1S/C13H22N2O/c1-10(2)16-12-7-5-11(6-8-12)15-13(3,4)9-14/h5-8,10,15H,9,14H2,1-4H3. The molecule has 0 radical (unpaired) electrons. The molecule has 0 unspecified atom stereocenters. The van der Waals surface area contributed by atoms with Gasteiger partial charge >= 0.3 is 0 Å². The molecule has 3 nitrogen and oxygen atoms in total. The fourth-order valence-corrected chi connectivity index (χ4v) is 1.33. The number of hydrogen-bond donors (Lipinski definition) is 2. The van der Waals surface area contributed by atoms with Crippen molar-refractivity contribution in [2.24, 2.45) is 5.73 Å². The molecule has 0 bridgehead atoms. The number of hydrogen-bond acceptors (Lipinski definition) is 3. The van der Waals surface area contributed by atoms with E-state index in [2.05, 4.69) is 19.2 Å². The Morgan fingerprint density at radius 2 is 1.81 bits per heavy atom. The molecule has 3 N–H and O–H groups in total. The van der Waals surface area contributed by atoms with Gasteiger partial charge in [0.2, 0.25) is 0 Å². The van der Waals surface area contributed by atoms with Gasteiger partial charge in [-0.1, -0.05) is 0 Å². The second-order valence-corrected chi connectivity index (χ2v) is 4.90. The molecular weight excluding hydrogens is 200 g/mol. The minimum absolute atomic E-state index is 0.0829. The van der Waals surface area contributed by atoms with Crippen LogP contribution in [0.3, 0.4) is 0 Å². The number of ether oxygens (including phenoxy) is 1. The molecule has 16 heavy (non-hydrogen) atoms. The van der Waals surface area contributed by atoms with Crippen molar-refractivity contribution in [2.45, 2.75) is 39.3 Å². The molecule has 0 aliphatic heterocycles. The van der Waals surface area contributed by atoms with E-state index in [9.17, 15) is 0 Å². The average molecular weight is 222 g/mol. The molecule has 0 heterocycles. The summed E-state index contributed by atoms with van der Waals surface area (Å²) in [5.41, 5.74) is 6.64. The summed E-state index contributed by atoms with van der Waals surface area (Å²) < 4.78 is 5.57. The summed E-state index contributed by atoms with van der Waals surface area (Å²) >= 11 is 0. The normalized spacial score (nSPS) is 11.6. The molecule has 0 aliphatic rings. The van der Waals surface area contributed by atoms with Gasteiger partial charge in [0.05, 0.1) is 6.10 Å². The van der Waals surface area contributed by atoms with Crippen LogP contribution in [0.1, 0.15) is 27.7 Å². The highest BCUT2D eigenvalue weighted by molar-refractivity contribution is 5.48. The van der Waals surface area contributed by atoms with E-state index < -0.39 is 0 Å². The van der Waals surface area contributed by atoms with Crippen molar-refractivity contribution in [2.75, 3.05) is 11.9 Å². The number of nitrogens with two attached hydrogens (primary N) is 1. The highest BCUT2D eigenvalue weighted by atomic mass is 16.5. The Morgan fingerprint density at radius 1 is 1.25 bits per heavy atom. The van der Waals surface area contributed by atoms with E-state index in [1.54, 1.807) is 0 Å². The minimum Gasteiger partial charge on any atom is -0.491 e. The monoisotopic (exact) mass is 222 g/mol. The Kier molecular flexibility index (Phi) is 4.19. The second-order valence-electron chi connectivity index (χ2n) is 4.90. The summed E-state index contributed by atoms with van der Waals surface area (Å²) in [4.78, 5) is 0. The highest BCUT2D eigenvalue weighted by Gasteiger charge is 2.14. The maximum Gasteiger partial charge on any atom is 0.119 e. The maximum absolute atomic E-state index is 5.66. The van der Waals surface area contributed by atoms with E-state index >= 15 is 0 Å². The smallest absolute Gasteiger partial charge is 0.119 e. The molecule has 0 saturated heterocycles. The van der Waals surface area contributed by atoms with Crippen LogP contribution in [0, 0.1) is 0 Å². The zero-order chi connectivity index (χ0) is 12.2. The zero-order valence-electron chi connectivity index (χ0n) is 10.6. The van der Waals surface area contributed by atoms with Gasteiger partial charge in [0, 0.05) is 17.8 Å². The van der Waals surface area contributed by atoms with Gasteiger partial charge in [-0.15, -0.1) is 0 Å². The lowest BCUT2D eigenvalue weighted by molar-refractivity contribution is 0.242. The average Bonchev–Trinajstić information content (AvgIpc) is 2.20. The lowest BCUT2D eigenvalue weighted by Crippen LogP contribution is -2.39. The first-order valence-corrected chi connectivity index (χ1v) is 5.68. The summed E-state index contributed by atoms with van der Waals surface area (Å²) in [7, 11) is 0. The molecule has 1 aromatic rings. The maximum atomic E-state index is 5.66. The fraction of sp³-hybridized carbons (Fsp3) is 0.538.